The summed E-state index contributed by atoms with van der Waals surface area (Å²) in [6.45, 7) is 1.66. The van der Waals surface area contributed by atoms with Crippen LogP contribution in [0, 0.1) is 0 Å². The molecule has 0 saturated heterocycles. The van der Waals surface area contributed by atoms with E-state index in [9.17, 15) is 0 Å². The molecule has 2 aliphatic rings. The van der Waals surface area contributed by atoms with E-state index in [2.05, 4.69) is 4.99 Å². The molecule has 3 nitrogen and oxygen atoms in total. The number of amidine groups is 1. The molecule has 0 radical (unpaired) electrons. The van der Waals surface area contributed by atoms with Crippen molar-refractivity contribution in [1.29, 1.82) is 0 Å². The van der Waals surface area contributed by atoms with E-state index in [1.165, 1.54) is 11.8 Å². The largest absolute Gasteiger partial charge is 0.494 e. The lowest BCUT2D eigenvalue weighted by atomic mass is 10.6. The van der Waals surface area contributed by atoms with Crippen LogP contribution in [-0.4, -0.2) is 28.3 Å². The van der Waals surface area contributed by atoms with Crippen LogP contribution in [0.5, 0.6) is 0 Å². The Labute approximate surface area is 57.1 Å². The second-order valence-electron chi connectivity index (χ2n) is 1.91. The van der Waals surface area contributed by atoms with Crippen LogP contribution in [0.15, 0.2) is 16.3 Å². The molecule has 0 aromatic carbocycles. The van der Waals surface area contributed by atoms with Gasteiger partial charge in [-0.3, -0.25) is 9.89 Å². The Morgan fingerprint density at radius 2 is 2.67 bits per heavy atom. The topological polar surface area (TPSA) is 35.8 Å². The number of aliphatic hydroxyl groups is 1. The van der Waals surface area contributed by atoms with Gasteiger partial charge in [-0.05, 0) is 0 Å². The minimum absolute atomic E-state index is 0.344. The summed E-state index contributed by atoms with van der Waals surface area (Å²) in [7, 11) is 0. The molecule has 2 heterocycles. The molecule has 9 heavy (non-hydrogen) atoms. The van der Waals surface area contributed by atoms with Gasteiger partial charge in [-0.2, -0.15) is 0 Å². The van der Waals surface area contributed by atoms with Crippen molar-refractivity contribution in [2.75, 3.05) is 13.1 Å². The van der Waals surface area contributed by atoms with E-state index < -0.39 is 0 Å². The van der Waals surface area contributed by atoms with Gasteiger partial charge in [0.15, 0.2) is 11.1 Å². The summed E-state index contributed by atoms with van der Waals surface area (Å²) in [4.78, 5) is 5.95. The molecular formula is C5H6N2OS. The Bertz CT molecular complexity index is 199. The average molecular weight is 142 g/mol. The number of rotatable bonds is 0. The fourth-order valence-corrected chi connectivity index (χ4v) is 1.73. The number of hydrogen-bond acceptors (Lipinski definition) is 4. The molecule has 0 aromatic heterocycles. The summed E-state index contributed by atoms with van der Waals surface area (Å²) in [5.41, 5.74) is 0. The van der Waals surface area contributed by atoms with Crippen LogP contribution >= 0.6 is 11.8 Å². The van der Waals surface area contributed by atoms with Crippen molar-refractivity contribution in [1.82, 2.24) is 4.90 Å². The zero-order valence-electron chi connectivity index (χ0n) is 4.74. The molecule has 2 aliphatic heterocycles. The minimum atomic E-state index is 0.344. The normalized spacial score (nSPS) is 23.8. The number of hydrogen-bond donors (Lipinski definition) is 1. The molecule has 0 amide bonds. The zero-order valence-corrected chi connectivity index (χ0v) is 5.56. The van der Waals surface area contributed by atoms with Crippen molar-refractivity contribution in [3.05, 3.63) is 11.3 Å². The maximum absolute atomic E-state index is 9.08. The van der Waals surface area contributed by atoms with Gasteiger partial charge in [-0.15, -0.1) is 0 Å². The van der Waals surface area contributed by atoms with E-state index >= 15 is 0 Å². The quantitative estimate of drug-likeness (QED) is 0.542. The highest BCUT2D eigenvalue weighted by molar-refractivity contribution is 8.16. The van der Waals surface area contributed by atoms with Gasteiger partial charge >= 0.3 is 0 Å². The minimum Gasteiger partial charge on any atom is -0.494 e. The van der Waals surface area contributed by atoms with E-state index in [-0.39, 0.29) is 0 Å². The van der Waals surface area contributed by atoms with Crippen molar-refractivity contribution in [3.63, 3.8) is 0 Å². The lowest BCUT2D eigenvalue weighted by Crippen LogP contribution is -2.20. The second-order valence-corrected chi connectivity index (χ2v) is 2.75. The Morgan fingerprint density at radius 3 is 3.44 bits per heavy atom. The lowest BCUT2D eigenvalue weighted by Gasteiger charge is -2.09. The van der Waals surface area contributed by atoms with Gasteiger partial charge in [-0.1, -0.05) is 11.8 Å². The molecule has 0 fully saturated rings. The van der Waals surface area contributed by atoms with Gasteiger partial charge in [0, 0.05) is 12.0 Å². The van der Waals surface area contributed by atoms with Gasteiger partial charge in [0.1, 0.15) is 0 Å². The molecular weight excluding hydrogens is 136 g/mol. The second kappa shape index (κ2) is 1.67. The van der Waals surface area contributed by atoms with Crippen molar-refractivity contribution >= 4 is 16.9 Å². The molecule has 0 aliphatic carbocycles. The van der Waals surface area contributed by atoms with Crippen molar-refractivity contribution in [2.24, 2.45) is 4.99 Å². The van der Waals surface area contributed by atoms with E-state index in [1.54, 1.807) is 5.41 Å². The smallest absolute Gasteiger partial charge is 0.199 e. The zero-order chi connectivity index (χ0) is 6.27. The molecule has 48 valence electrons. The van der Waals surface area contributed by atoms with E-state index in [0.717, 1.165) is 18.3 Å². The van der Waals surface area contributed by atoms with Crippen LogP contribution in [0.4, 0.5) is 0 Å². The summed E-state index contributed by atoms with van der Waals surface area (Å²) in [6.07, 6.45) is 0. The Hall–Kier alpha value is -0.640. The van der Waals surface area contributed by atoms with Gasteiger partial charge in [0.05, 0.1) is 6.54 Å². The van der Waals surface area contributed by atoms with E-state index in [0.29, 0.717) is 5.88 Å². The van der Waals surface area contributed by atoms with Crippen molar-refractivity contribution < 1.29 is 5.11 Å². The summed E-state index contributed by atoms with van der Waals surface area (Å²) in [6, 6.07) is 0. The predicted molar refractivity (Wildman–Crippen MR) is 37.3 cm³/mol. The van der Waals surface area contributed by atoms with Gasteiger partial charge < -0.3 is 5.11 Å². The van der Waals surface area contributed by atoms with Crippen LogP contribution < -0.4 is 0 Å². The number of thioether (sulfide) groups is 1. The Balaban J connectivity index is 2.29. The van der Waals surface area contributed by atoms with Gasteiger partial charge in [0.2, 0.25) is 0 Å². The molecule has 0 aromatic rings. The fourth-order valence-electron chi connectivity index (χ4n) is 0.909. The van der Waals surface area contributed by atoms with E-state index in [1.807, 2.05) is 4.90 Å². The fraction of sp³-hybridized carbons (Fsp3) is 0.400. The molecule has 0 unspecified atom stereocenters. The first kappa shape index (κ1) is 5.17. The first-order valence-corrected chi connectivity index (χ1v) is 3.64. The molecule has 1 N–H and O–H groups in total. The number of nitrogens with zero attached hydrogens (tertiary/aromatic N) is 2. The van der Waals surface area contributed by atoms with Crippen LogP contribution in [0.3, 0.4) is 0 Å². The lowest BCUT2D eigenvalue weighted by molar-refractivity contribution is 0.293. The molecule has 0 atom stereocenters. The third-order valence-corrected chi connectivity index (χ3v) is 2.24. The number of aliphatic imine (C=N–C) groups is 1. The van der Waals surface area contributed by atoms with Crippen molar-refractivity contribution in [2.45, 2.75) is 0 Å². The van der Waals surface area contributed by atoms with E-state index in [4.69, 9.17) is 5.11 Å². The maximum atomic E-state index is 9.08. The molecule has 0 saturated carbocycles. The number of fused-ring (bicyclic) bond motifs is 1. The first-order chi connectivity index (χ1) is 4.38. The maximum Gasteiger partial charge on any atom is 0.199 e. The van der Waals surface area contributed by atoms with Crippen LogP contribution in [0.1, 0.15) is 0 Å². The van der Waals surface area contributed by atoms with Crippen molar-refractivity contribution in [3.8, 4) is 0 Å². The summed E-state index contributed by atoms with van der Waals surface area (Å²) >= 11 is 1.48. The highest BCUT2D eigenvalue weighted by atomic mass is 32.2. The number of aliphatic hydroxyl groups excluding tert-OH is 1. The average Bonchev–Trinajstić information content (AvgIpc) is 2.35. The van der Waals surface area contributed by atoms with Crippen LogP contribution in [0.2, 0.25) is 0 Å². The monoisotopic (exact) mass is 142 g/mol. The molecule has 2 rings (SSSR count). The summed E-state index contributed by atoms with van der Waals surface area (Å²) < 4.78 is 0. The highest BCUT2D eigenvalue weighted by Crippen LogP contribution is 2.26. The third kappa shape index (κ3) is 0.627. The van der Waals surface area contributed by atoms with Crippen LogP contribution in [0.25, 0.3) is 0 Å². The Morgan fingerprint density at radius 1 is 1.78 bits per heavy atom. The SMILES string of the molecule is OC1=CSC2=NCCN12. The summed E-state index contributed by atoms with van der Waals surface area (Å²) in [5, 5.41) is 11.7. The molecule has 0 bridgehead atoms. The standard InChI is InChI=1S/C5H6N2OS/c8-4-3-9-5-6-1-2-7(4)5/h3,8H,1-2H2. The van der Waals surface area contributed by atoms with Gasteiger partial charge in [-0.25, -0.2) is 0 Å². The van der Waals surface area contributed by atoms with Crippen LogP contribution in [-0.2, 0) is 0 Å². The first-order valence-electron chi connectivity index (χ1n) is 2.76. The highest BCUT2D eigenvalue weighted by Gasteiger charge is 2.25. The van der Waals surface area contributed by atoms with Gasteiger partial charge in [0.25, 0.3) is 0 Å². The Kier molecular flexibility index (Phi) is 0.958. The molecule has 0 spiro atoms. The summed E-state index contributed by atoms with van der Waals surface area (Å²) in [5.74, 6) is 0.344. The molecule has 4 heteroatoms. The predicted octanol–water partition coefficient (Wildman–Crippen LogP) is 0.762. The third-order valence-electron chi connectivity index (χ3n) is 1.35.